The topological polar surface area (TPSA) is 24.9 Å². The lowest BCUT2D eigenvalue weighted by Crippen LogP contribution is -2.18. The smallest absolute Gasteiger partial charge is 0.0558 e. The average Bonchev–Trinajstić information content (AvgIpc) is 2.20. The Morgan fingerprint density at radius 2 is 2.21 bits per heavy atom. The van der Waals surface area contributed by atoms with Crippen molar-refractivity contribution in [2.24, 2.45) is 0 Å². The maximum Gasteiger partial charge on any atom is 0.0558 e. The zero-order chi connectivity index (χ0) is 10.4. The van der Waals surface area contributed by atoms with Crippen molar-refractivity contribution >= 4 is 5.69 Å². The van der Waals surface area contributed by atoms with Gasteiger partial charge >= 0.3 is 0 Å². The number of hydrogen-bond donors (Lipinski definition) is 1. The van der Waals surface area contributed by atoms with E-state index in [4.69, 9.17) is 0 Å². The summed E-state index contributed by atoms with van der Waals surface area (Å²) in [6.45, 7) is 6.56. The van der Waals surface area contributed by atoms with Gasteiger partial charge in [0, 0.05) is 12.2 Å². The predicted octanol–water partition coefficient (Wildman–Crippen LogP) is 3.38. The first-order chi connectivity index (χ1) is 6.77. The van der Waals surface area contributed by atoms with Gasteiger partial charge in [-0.3, -0.25) is 4.98 Å². The number of rotatable bonds is 5. The molecular weight excluding hydrogens is 172 g/mol. The molecule has 0 saturated heterocycles. The van der Waals surface area contributed by atoms with Crippen molar-refractivity contribution in [3.05, 3.63) is 24.0 Å². The fraction of sp³-hybridized carbons (Fsp3) is 0.583. The summed E-state index contributed by atoms with van der Waals surface area (Å²) in [4.78, 5) is 4.13. The predicted molar refractivity (Wildman–Crippen MR) is 61.6 cm³/mol. The van der Waals surface area contributed by atoms with Crippen LogP contribution in [0.2, 0.25) is 0 Å². The first-order valence-electron chi connectivity index (χ1n) is 5.45. The molecule has 0 aliphatic heterocycles. The molecule has 1 rings (SSSR count). The third kappa shape index (κ3) is 3.02. The van der Waals surface area contributed by atoms with Crippen LogP contribution in [0.15, 0.2) is 18.5 Å². The van der Waals surface area contributed by atoms with E-state index in [1.54, 1.807) is 0 Å². The first-order valence-corrected chi connectivity index (χ1v) is 5.45. The number of nitrogens with zero attached hydrogens (tertiary/aromatic N) is 1. The van der Waals surface area contributed by atoms with Gasteiger partial charge in [0.25, 0.3) is 0 Å². The normalized spacial score (nSPS) is 12.5. The van der Waals surface area contributed by atoms with Crippen LogP contribution in [0.4, 0.5) is 5.69 Å². The Balaban J connectivity index is 2.62. The van der Waals surface area contributed by atoms with Crippen molar-refractivity contribution in [3.63, 3.8) is 0 Å². The van der Waals surface area contributed by atoms with Crippen molar-refractivity contribution in [2.45, 2.75) is 46.1 Å². The third-order valence-corrected chi connectivity index (χ3v) is 2.53. The van der Waals surface area contributed by atoms with E-state index in [-0.39, 0.29) is 0 Å². The summed E-state index contributed by atoms with van der Waals surface area (Å²) < 4.78 is 0. The molecule has 1 unspecified atom stereocenters. The van der Waals surface area contributed by atoms with Gasteiger partial charge in [-0.05, 0) is 31.4 Å². The van der Waals surface area contributed by atoms with Gasteiger partial charge in [0.1, 0.15) is 0 Å². The number of hydrogen-bond acceptors (Lipinski definition) is 2. The second-order valence-electron chi connectivity index (χ2n) is 3.73. The standard InChI is InChI=1S/C12H20N2/c1-4-6-11(5-2)14-12-9-13-8-7-10(12)3/h7-9,11,14H,4-6H2,1-3H3. The Morgan fingerprint density at radius 1 is 1.43 bits per heavy atom. The molecule has 0 spiro atoms. The highest BCUT2D eigenvalue weighted by Crippen LogP contribution is 2.15. The van der Waals surface area contributed by atoms with Gasteiger partial charge in [-0.15, -0.1) is 0 Å². The van der Waals surface area contributed by atoms with Gasteiger partial charge in [0.2, 0.25) is 0 Å². The molecule has 0 aliphatic rings. The maximum absolute atomic E-state index is 4.13. The molecule has 2 nitrogen and oxygen atoms in total. The van der Waals surface area contributed by atoms with Crippen molar-refractivity contribution in [2.75, 3.05) is 5.32 Å². The Hall–Kier alpha value is -1.05. The van der Waals surface area contributed by atoms with Gasteiger partial charge in [0.15, 0.2) is 0 Å². The quantitative estimate of drug-likeness (QED) is 0.773. The molecule has 2 heteroatoms. The van der Waals surface area contributed by atoms with Crippen LogP contribution < -0.4 is 5.32 Å². The molecule has 14 heavy (non-hydrogen) atoms. The third-order valence-electron chi connectivity index (χ3n) is 2.53. The molecule has 0 aromatic carbocycles. The van der Waals surface area contributed by atoms with Crippen molar-refractivity contribution in [3.8, 4) is 0 Å². The van der Waals surface area contributed by atoms with Gasteiger partial charge in [-0.25, -0.2) is 0 Å². The lowest BCUT2D eigenvalue weighted by atomic mass is 10.1. The van der Waals surface area contributed by atoms with E-state index in [2.05, 4.69) is 31.1 Å². The molecule has 0 aliphatic carbocycles. The first kappa shape index (κ1) is 11.0. The molecule has 0 fully saturated rings. The van der Waals surface area contributed by atoms with E-state index < -0.39 is 0 Å². The highest BCUT2D eigenvalue weighted by atomic mass is 14.9. The fourth-order valence-corrected chi connectivity index (χ4v) is 1.56. The second-order valence-corrected chi connectivity index (χ2v) is 3.73. The summed E-state index contributed by atoms with van der Waals surface area (Å²) in [7, 11) is 0. The Bertz CT molecular complexity index is 271. The van der Waals surface area contributed by atoms with Crippen LogP contribution in [0, 0.1) is 6.92 Å². The van der Waals surface area contributed by atoms with E-state index in [0.717, 1.165) is 0 Å². The monoisotopic (exact) mass is 192 g/mol. The van der Waals surface area contributed by atoms with Crippen molar-refractivity contribution < 1.29 is 0 Å². The molecular formula is C12H20N2. The molecule has 0 radical (unpaired) electrons. The fourth-order valence-electron chi connectivity index (χ4n) is 1.56. The Kier molecular flexibility index (Phi) is 4.44. The van der Waals surface area contributed by atoms with E-state index in [9.17, 15) is 0 Å². The molecule has 1 N–H and O–H groups in total. The molecule has 1 aromatic rings. The van der Waals surface area contributed by atoms with Crippen LogP contribution >= 0.6 is 0 Å². The maximum atomic E-state index is 4.13. The summed E-state index contributed by atoms with van der Waals surface area (Å²) in [6, 6.07) is 2.63. The number of aromatic nitrogens is 1. The summed E-state index contributed by atoms with van der Waals surface area (Å²) in [5.74, 6) is 0. The van der Waals surface area contributed by atoms with Crippen molar-refractivity contribution in [1.82, 2.24) is 4.98 Å². The van der Waals surface area contributed by atoms with E-state index in [0.29, 0.717) is 6.04 Å². The van der Waals surface area contributed by atoms with Gasteiger partial charge in [-0.1, -0.05) is 20.3 Å². The molecule has 1 aromatic heterocycles. The molecule has 0 saturated carbocycles. The molecule has 1 heterocycles. The van der Waals surface area contributed by atoms with Gasteiger partial charge in [-0.2, -0.15) is 0 Å². The SMILES string of the molecule is CCCC(CC)Nc1cnccc1C. The molecule has 0 bridgehead atoms. The Labute approximate surface area is 86.8 Å². The number of aryl methyl sites for hydroxylation is 1. The second kappa shape index (κ2) is 5.63. The largest absolute Gasteiger partial charge is 0.381 e. The van der Waals surface area contributed by atoms with Gasteiger partial charge < -0.3 is 5.32 Å². The van der Waals surface area contributed by atoms with Crippen LogP contribution in [0.25, 0.3) is 0 Å². The Morgan fingerprint density at radius 3 is 2.79 bits per heavy atom. The van der Waals surface area contributed by atoms with Crippen molar-refractivity contribution in [1.29, 1.82) is 0 Å². The zero-order valence-electron chi connectivity index (χ0n) is 9.38. The van der Waals surface area contributed by atoms with E-state index >= 15 is 0 Å². The molecule has 0 amide bonds. The number of nitrogens with one attached hydrogen (secondary N) is 1. The van der Waals surface area contributed by atoms with Crippen LogP contribution in [-0.4, -0.2) is 11.0 Å². The highest BCUT2D eigenvalue weighted by Gasteiger charge is 2.05. The lowest BCUT2D eigenvalue weighted by molar-refractivity contribution is 0.622. The van der Waals surface area contributed by atoms with E-state index in [1.165, 1.54) is 30.5 Å². The highest BCUT2D eigenvalue weighted by molar-refractivity contribution is 5.48. The van der Waals surface area contributed by atoms with Gasteiger partial charge in [0.05, 0.1) is 11.9 Å². The summed E-state index contributed by atoms with van der Waals surface area (Å²) >= 11 is 0. The lowest BCUT2D eigenvalue weighted by Gasteiger charge is -2.18. The zero-order valence-corrected chi connectivity index (χ0v) is 9.38. The molecule has 78 valence electrons. The number of pyridine rings is 1. The summed E-state index contributed by atoms with van der Waals surface area (Å²) in [5, 5.41) is 3.54. The summed E-state index contributed by atoms with van der Waals surface area (Å²) in [5.41, 5.74) is 2.45. The minimum atomic E-state index is 0.586. The van der Waals surface area contributed by atoms with Crippen LogP contribution in [-0.2, 0) is 0 Å². The van der Waals surface area contributed by atoms with Crippen LogP contribution in [0.3, 0.4) is 0 Å². The minimum Gasteiger partial charge on any atom is -0.381 e. The van der Waals surface area contributed by atoms with E-state index in [1.807, 2.05) is 18.5 Å². The van der Waals surface area contributed by atoms with Crippen LogP contribution in [0.1, 0.15) is 38.7 Å². The van der Waals surface area contributed by atoms with Crippen LogP contribution in [0.5, 0.6) is 0 Å². The molecule has 1 atom stereocenters. The number of anilines is 1. The minimum absolute atomic E-state index is 0.586. The average molecular weight is 192 g/mol. The summed E-state index contributed by atoms with van der Waals surface area (Å²) in [6.07, 6.45) is 7.37.